The van der Waals surface area contributed by atoms with Crippen LogP contribution in [0.15, 0.2) is 23.1 Å². The van der Waals surface area contributed by atoms with Crippen LogP contribution in [0, 0.1) is 0 Å². The van der Waals surface area contributed by atoms with Gasteiger partial charge in [-0.05, 0) is 19.9 Å². The molecule has 0 aliphatic rings. The van der Waals surface area contributed by atoms with Crippen LogP contribution in [0.2, 0.25) is 0 Å². The fourth-order valence-corrected chi connectivity index (χ4v) is 1.55. The molecule has 0 aromatic carbocycles. The molecule has 6 heteroatoms. The Balaban J connectivity index is 2.89. The number of H-pyrrole nitrogens is 1. The van der Waals surface area contributed by atoms with Gasteiger partial charge in [0.25, 0.3) is 5.91 Å². The third-order valence-electron chi connectivity index (χ3n) is 2.47. The lowest BCUT2D eigenvalue weighted by molar-refractivity contribution is -0.137. The zero-order chi connectivity index (χ0) is 13.7. The first-order chi connectivity index (χ1) is 8.41. The normalized spacial score (nSPS) is 10.4. The van der Waals surface area contributed by atoms with E-state index in [2.05, 4.69) is 4.98 Å². The molecule has 0 bridgehead atoms. The second-order valence-corrected chi connectivity index (χ2v) is 4.18. The number of pyridine rings is 1. The topological polar surface area (TPSA) is 90.5 Å². The van der Waals surface area contributed by atoms with Crippen LogP contribution in [0.1, 0.15) is 30.6 Å². The van der Waals surface area contributed by atoms with Gasteiger partial charge in [-0.2, -0.15) is 0 Å². The Bertz CT molecular complexity index is 493. The van der Waals surface area contributed by atoms with Gasteiger partial charge in [0.2, 0.25) is 5.56 Å². The quantitative estimate of drug-likeness (QED) is 0.807. The van der Waals surface area contributed by atoms with Crippen LogP contribution in [0.3, 0.4) is 0 Å². The van der Waals surface area contributed by atoms with Crippen molar-refractivity contribution in [2.75, 3.05) is 6.54 Å². The van der Waals surface area contributed by atoms with Gasteiger partial charge in [0.15, 0.2) is 0 Å². The number of carbonyl (C=O) groups excluding carboxylic acids is 1. The molecule has 18 heavy (non-hydrogen) atoms. The summed E-state index contributed by atoms with van der Waals surface area (Å²) in [5.41, 5.74) is -0.0966. The Labute approximate surface area is 104 Å². The first-order valence-corrected chi connectivity index (χ1v) is 5.63. The second-order valence-electron chi connectivity index (χ2n) is 4.18. The van der Waals surface area contributed by atoms with Crippen molar-refractivity contribution in [1.82, 2.24) is 9.88 Å². The Kier molecular flexibility index (Phi) is 4.65. The Morgan fingerprint density at radius 1 is 1.44 bits per heavy atom. The van der Waals surface area contributed by atoms with E-state index < -0.39 is 5.97 Å². The van der Waals surface area contributed by atoms with E-state index in [1.807, 2.05) is 0 Å². The standard InChI is InChI=1S/C12H16N2O4/c1-8(2)14(6-4-11(16)17)12(18)9-3-5-13-10(15)7-9/h3,5,7-8H,4,6H2,1-2H3,(H,13,15)(H,16,17). The minimum atomic E-state index is -0.959. The molecular formula is C12H16N2O4. The van der Waals surface area contributed by atoms with E-state index in [-0.39, 0.29) is 36.0 Å². The molecule has 1 rings (SSSR count). The molecule has 0 saturated heterocycles. The summed E-state index contributed by atoms with van der Waals surface area (Å²) in [6.07, 6.45) is 1.28. The number of aliphatic carboxylic acids is 1. The largest absolute Gasteiger partial charge is 0.481 e. The number of amides is 1. The van der Waals surface area contributed by atoms with E-state index in [0.717, 1.165) is 0 Å². The summed E-state index contributed by atoms with van der Waals surface area (Å²) in [5, 5.41) is 8.65. The molecule has 2 N–H and O–H groups in total. The molecule has 1 aromatic rings. The number of hydrogen-bond donors (Lipinski definition) is 2. The second kappa shape index (κ2) is 6.00. The molecule has 0 saturated carbocycles. The number of hydrogen-bond acceptors (Lipinski definition) is 3. The summed E-state index contributed by atoms with van der Waals surface area (Å²) >= 11 is 0. The van der Waals surface area contributed by atoms with Crippen LogP contribution in [-0.2, 0) is 4.79 Å². The van der Waals surface area contributed by atoms with Crippen molar-refractivity contribution in [2.24, 2.45) is 0 Å². The summed E-state index contributed by atoms with van der Waals surface area (Å²) in [4.78, 5) is 37.7. The number of aromatic amines is 1. The van der Waals surface area contributed by atoms with Crippen molar-refractivity contribution in [3.8, 4) is 0 Å². The fourth-order valence-electron chi connectivity index (χ4n) is 1.55. The van der Waals surface area contributed by atoms with Gasteiger partial charge in [-0.3, -0.25) is 14.4 Å². The zero-order valence-corrected chi connectivity index (χ0v) is 10.3. The number of nitrogens with one attached hydrogen (secondary N) is 1. The predicted molar refractivity (Wildman–Crippen MR) is 65.5 cm³/mol. The Morgan fingerprint density at radius 3 is 2.61 bits per heavy atom. The highest BCUT2D eigenvalue weighted by Gasteiger charge is 2.19. The molecule has 6 nitrogen and oxygen atoms in total. The summed E-state index contributed by atoms with van der Waals surface area (Å²) in [7, 11) is 0. The highest BCUT2D eigenvalue weighted by Crippen LogP contribution is 2.07. The average Bonchev–Trinajstić information content (AvgIpc) is 2.28. The van der Waals surface area contributed by atoms with E-state index in [9.17, 15) is 14.4 Å². The number of carbonyl (C=O) groups is 2. The predicted octanol–water partition coefficient (Wildman–Crippen LogP) is 0.700. The van der Waals surface area contributed by atoms with Gasteiger partial charge in [0.1, 0.15) is 0 Å². The van der Waals surface area contributed by atoms with Crippen molar-refractivity contribution in [3.63, 3.8) is 0 Å². The molecule has 1 heterocycles. The maximum atomic E-state index is 12.1. The van der Waals surface area contributed by atoms with E-state index in [0.29, 0.717) is 0 Å². The molecule has 0 spiro atoms. The minimum absolute atomic E-state index is 0.118. The average molecular weight is 252 g/mol. The van der Waals surface area contributed by atoms with Gasteiger partial charge in [0, 0.05) is 30.4 Å². The monoisotopic (exact) mass is 252 g/mol. The molecule has 1 aromatic heterocycles. The number of aromatic nitrogens is 1. The molecule has 0 fully saturated rings. The molecule has 0 radical (unpaired) electrons. The van der Waals surface area contributed by atoms with Gasteiger partial charge in [0.05, 0.1) is 6.42 Å². The lowest BCUT2D eigenvalue weighted by Gasteiger charge is -2.26. The third-order valence-corrected chi connectivity index (χ3v) is 2.47. The van der Waals surface area contributed by atoms with Crippen LogP contribution in [0.4, 0.5) is 0 Å². The van der Waals surface area contributed by atoms with E-state index >= 15 is 0 Å². The number of rotatable bonds is 5. The highest BCUT2D eigenvalue weighted by molar-refractivity contribution is 5.94. The van der Waals surface area contributed by atoms with Crippen LogP contribution in [0.25, 0.3) is 0 Å². The third kappa shape index (κ3) is 3.73. The van der Waals surface area contributed by atoms with E-state index in [4.69, 9.17) is 5.11 Å². The lowest BCUT2D eigenvalue weighted by atomic mass is 10.2. The van der Waals surface area contributed by atoms with Crippen molar-refractivity contribution in [1.29, 1.82) is 0 Å². The molecule has 1 amide bonds. The van der Waals surface area contributed by atoms with Crippen LogP contribution in [0.5, 0.6) is 0 Å². The zero-order valence-electron chi connectivity index (χ0n) is 10.3. The van der Waals surface area contributed by atoms with Gasteiger partial charge >= 0.3 is 5.97 Å². The van der Waals surface area contributed by atoms with E-state index in [1.165, 1.54) is 23.2 Å². The van der Waals surface area contributed by atoms with Crippen molar-refractivity contribution in [2.45, 2.75) is 26.3 Å². The van der Waals surface area contributed by atoms with Gasteiger partial charge in [-0.1, -0.05) is 0 Å². The van der Waals surface area contributed by atoms with Crippen molar-refractivity contribution >= 4 is 11.9 Å². The molecule has 0 aliphatic heterocycles. The lowest BCUT2D eigenvalue weighted by Crippen LogP contribution is -2.38. The molecule has 0 unspecified atom stereocenters. The van der Waals surface area contributed by atoms with Crippen LogP contribution < -0.4 is 5.56 Å². The smallest absolute Gasteiger partial charge is 0.305 e. The Hall–Kier alpha value is -2.11. The summed E-state index contributed by atoms with van der Waals surface area (Å²) in [6, 6.07) is 2.58. The van der Waals surface area contributed by atoms with Gasteiger partial charge < -0.3 is 15.0 Å². The molecule has 0 aliphatic carbocycles. The number of nitrogens with zero attached hydrogens (tertiary/aromatic N) is 1. The van der Waals surface area contributed by atoms with Crippen molar-refractivity contribution < 1.29 is 14.7 Å². The summed E-state index contributed by atoms with van der Waals surface area (Å²) in [5.74, 6) is -1.29. The number of carboxylic acid groups (broad SMARTS) is 1. The van der Waals surface area contributed by atoms with Crippen molar-refractivity contribution in [3.05, 3.63) is 34.2 Å². The molecule has 0 atom stereocenters. The summed E-state index contributed by atoms with van der Waals surface area (Å²) in [6.45, 7) is 3.72. The van der Waals surface area contributed by atoms with Gasteiger partial charge in [-0.25, -0.2) is 0 Å². The van der Waals surface area contributed by atoms with Crippen LogP contribution >= 0.6 is 0 Å². The van der Waals surface area contributed by atoms with Gasteiger partial charge in [-0.15, -0.1) is 0 Å². The number of carboxylic acids is 1. The maximum absolute atomic E-state index is 12.1. The first-order valence-electron chi connectivity index (χ1n) is 5.63. The molecular weight excluding hydrogens is 236 g/mol. The van der Waals surface area contributed by atoms with Crippen LogP contribution in [-0.4, -0.2) is 39.5 Å². The first kappa shape index (κ1) is 14.0. The SMILES string of the molecule is CC(C)N(CCC(=O)O)C(=O)c1cc[nH]c(=O)c1. The fraction of sp³-hybridized carbons (Fsp3) is 0.417. The Morgan fingerprint density at radius 2 is 2.11 bits per heavy atom. The minimum Gasteiger partial charge on any atom is -0.481 e. The summed E-state index contributed by atoms with van der Waals surface area (Å²) < 4.78 is 0. The maximum Gasteiger partial charge on any atom is 0.305 e. The molecule has 98 valence electrons. The van der Waals surface area contributed by atoms with E-state index in [1.54, 1.807) is 13.8 Å². The highest BCUT2D eigenvalue weighted by atomic mass is 16.4.